The molecule has 3 rings (SSSR count). The predicted octanol–water partition coefficient (Wildman–Crippen LogP) is -1.62. The minimum atomic E-state index is -1.33. The summed E-state index contributed by atoms with van der Waals surface area (Å²) in [5, 5.41) is 28.7. The van der Waals surface area contributed by atoms with Crippen LogP contribution in [0.4, 0.5) is 0 Å². The van der Waals surface area contributed by atoms with Crippen molar-refractivity contribution < 1.29 is 20.1 Å². The fraction of sp³-hybridized carbons (Fsp3) is 0.500. The Bertz CT molecular complexity index is 701. The molecule has 0 amide bonds. The molecule has 20 heavy (non-hydrogen) atoms. The number of aliphatic hydroxyl groups is 3. The van der Waals surface area contributed by atoms with Crippen LogP contribution in [0.15, 0.2) is 11.1 Å². The monoisotopic (exact) mass is 302 g/mol. The topological polar surface area (TPSA) is 133 Å². The highest BCUT2D eigenvalue weighted by molar-refractivity contribution is 6.29. The Balaban J connectivity index is 2.14. The second kappa shape index (κ2) is 4.79. The average molecular weight is 303 g/mol. The number of hydrogen-bond donors (Lipinski definition) is 4. The number of imidazole rings is 1. The Morgan fingerprint density at radius 1 is 1.45 bits per heavy atom. The largest absolute Gasteiger partial charge is 0.394 e. The van der Waals surface area contributed by atoms with Crippen LogP contribution in [0.2, 0.25) is 5.28 Å². The minimum Gasteiger partial charge on any atom is -0.394 e. The molecule has 0 unspecified atom stereocenters. The Morgan fingerprint density at radius 3 is 2.85 bits per heavy atom. The molecule has 9 nitrogen and oxygen atoms in total. The number of rotatable bonds is 2. The van der Waals surface area contributed by atoms with Crippen LogP contribution in [0.25, 0.3) is 11.2 Å². The minimum absolute atomic E-state index is 0.00441. The zero-order valence-electron chi connectivity index (χ0n) is 9.97. The number of fused-ring (bicyclic) bond motifs is 1. The maximum atomic E-state index is 11.6. The molecule has 1 aliphatic heterocycles. The molecule has 0 radical (unpaired) electrons. The zero-order chi connectivity index (χ0) is 14.4. The van der Waals surface area contributed by atoms with Gasteiger partial charge in [0.05, 0.1) is 12.9 Å². The average Bonchev–Trinajstić information content (AvgIpc) is 2.90. The molecule has 0 saturated carbocycles. The van der Waals surface area contributed by atoms with E-state index in [0.717, 1.165) is 0 Å². The maximum absolute atomic E-state index is 11.6. The molecule has 2 aromatic rings. The molecule has 1 saturated heterocycles. The molecular formula is C10H11ClN4O5. The SMILES string of the molecule is O=c1[nH]cnc2c1nc(Cl)n2[C@@H]1O[C@H](CO)[C@H](O)[C@H]1O. The van der Waals surface area contributed by atoms with Crippen LogP contribution in [-0.4, -0.2) is 59.8 Å². The predicted molar refractivity (Wildman–Crippen MR) is 66.2 cm³/mol. The maximum Gasteiger partial charge on any atom is 0.278 e. The first kappa shape index (κ1) is 13.5. The standard InChI is InChI=1S/C10H11ClN4O5/c11-10-14-4-7(12-2-13-8(4)19)15(10)9-6(18)5(17)3(1-16)20-9/h2-3,5-6,9,16-18H,1H2,(H,12,13,19)/t3-,5+,6-,9-/m1/s1. The van der Waals surface area contributed by atoms with Crippen LogP contribution in [0, 0.1) is 0 Å². The summed E-state index contributed by atoms with van der Waals surface area (Å²) in [7, 11) is 0. The van der Waals surface area contributed by atoms with Gasteiger partial charge in [0.25, 0.3) is 5.56 Å². The molecule has 0 spiro atoms. The van der Waals surface area contributed by atoms with Gasteiger partial charge < -0.3 is 25.0 Å². The van der Waals surface area contributed by atoms with Gasteiger partial charge in [0.2, 0.25) is 5.28 Å². The molecule has 1 aliphatic rings. The number of aromatic amines is 1. The second-order valence-corrected chi connectivity index (χ2v) is 4.72. The Morgan fingerprint density at radius 2 is 2.20 bits per heavy atom. The number of nitrogens with zero attached hydrogens (tertiary/aromatic N) is 3. The van der Waals surface area contributed by atoms with Crippen molar-refractivity contribution in [3.8, 4) is 0 Å². The molecule has 0 aromatic carbocycles. The van der Waals surface area contributed by atoms with Gasteiger partial charge in [-0.1, -0.05) is 0 Å². The summed E-state index contributed by atoms with van der Waals surface area (Å²) in [4.78, 5) is 21.8. The lowest BCUT2D eigenvalue weighted by molar-refractivity contribution is -0.0509. The number of hydrogen-bond acceptors (Lipinski definition) is 7. The highest BCUT2D eigenvalue weighted by Gasteiger charge is 2.44. The van der Waals surface area contributed by atoms with Gasteiger partial charge in [0.1, 0.15) is 18.3 Å². The van der Waals surface area contributed by atoms with Gasteiger partial charge in [-0.25, -0.2) is 9.97 Å². The van der Waals surface area contributed by atoms with Gasteiger partial charge in [-0.3, -0.25) is 9.36 Å². The highest BCUT2D eigenvalue weighted by Crippen LogP contribution is 2.33. The Labute approximate surface area is 116 Å². The lowest BCUT2D eigenvalue weighted by Crippen LogP contribution is -2.33. The van der Waals surface area contributed by atoms with E-state index in [1.807, 2.05) is 0 Å². The zero-order valence-corrected chi connectivity index (χ0v) is 10.7. The third kappa shape index (κ3) is 1.83. The third-order valence-corrected chi connectivity index (χ3v) is 3.48. The van der Waals surface area contributed by atoms with E-state index in [9.17, 15) is 15.0 Å². The quantitative estimate of drug-likeness (QED) is 0.490. The molecule has 0 aliphatic carbocycles. The van der Waals surface area contributed by atoms with E-state index < -0.39 is 36.7 Å². The van der Waals surface area contributed by atoms with Crippen LogP contribution < -0.4 is 5.56 Å². The summed E-state index contributed by atoms with van der Waals surface area (Å²) < 4.78 is 6.55. The number of aromatic nitrogens is 4. The first-order valence-electron chi connectivity index (χ1n) is 5.78. The number of nitrogens with one attached hydrogen (secondary N) is 1. The molecule has 0 bridgehead atoms. The highest BCUT2D eigenvalue weighted by atomic mass is 35.5. The molecule has 4 N–H and O–H groups in total. The lowest BCUT2D eigenvalue weighted by atomic mass is 10.1. The third-order valence-electron chi connectivity index (χ3n) is 3.21. The fourth-order valence-corrected chi connectivity index (χ4v) is 2.47. The van der Waals surface area contributed by atoms with Crippen molar-refractivity contribution in [2.75, 3.05) is 6.61 Å². The first-order chi connectivity index (χ1) is 9.54. The number of halogens is 1. The van der Waals surface area contributed by atoms with Gasteiger partial charge in [-0.15, -0.1) is 0 Å². The van der Waals surface area contributed by atoms with Crippen LogP contribution in [-0.2, 0) is 4.74 Å². The summed E-state index contributed by atoms with van der Waals surface area (Å²) >= 11 is 5.95. The van der Waals surface area contributed by atoms with Crippen molar-refractivity contribution in [3.63, 3.8) is 0 Å². The van der Waals surface area contributed by atoms with Crippen LogP contribution in [0.5, 0.6) is 0 Å². The van der Waals surface area contributed by atoms with Crippen molar-refractivity contribution in [1.82, 2.24) is 19.5 Å². The van der Waals surface area contributed by atoms with Crippen LogP contribution >= 0.6 is 11.6 Å². The molecule has 3 heterocycles. The van der Waals surface area contributed by atoms with Gasteiger partial charge in [0, 0.05) is 0 Å². The number of H-pyrrole nitrogens is 1. The molecule has 2 aromatic heterocycles. The molecule has 108 valence electrons. The lowest BCUT2D eigenvalue weighted by Gasteiger charge is -2.17. The number of aliphatic hydroxyl groups excluding tert-OH is 3. The molecular weight excluding hydrogens is 292 g/mol. The summed E-state index contributed by atoms with van der Waals surface area (Å²) in [6.07, 6.45) is -3.48. The molecule has 4 atom stereocenters. The van der Waals surface area contributed by atoms with Crippen molar-refractivity contribution in [2.45, 2.75) is 24.5 Å². The smallest absolute Gasteiger partial charge is 0.278 e. The van der Waals surface area contributed by atoms with Crippen LogP contribution in [0.1, 0.15) is 6.23 Å². The van der Waals surface area contributed by atoms with Gasteiger partial charge in [-0.05, 0) is 11.6 Å². The second-order valence-electron chi connectivity index (χ2n) is 4.38. The number of ether oxygens (including phenoxy) is 1. The van der Waals surface area contributed by atoms with Gasteiger partial charge in [-0.2, -0.15) is 0 Å². The van der Waals surface area contributed by atoms with E-state index in [2.05, 4.69) is 15.0 Å². The van der Waals surface area contributed by atoms with Crippen LogP contribution in [0.3, 0.4) is 0 Å². The van der Waals surface area contributed by atoms with E-state index in [1.165, 1.54) is 10.9 Å². The van der Waals surface area contributed by atoms with Gasteiger partial charge >= 0.3 is 0 Å². The molecule has 1 fully saturated rings. The Kier molecular flexibility index (Phi) is 3.22. The van der Waals surface area contributed by atoms with Crippen molar-refractivity contribution in [3.05, 3.63) is 22.0 Å². The molecule has 10 heteroatoms. The first-order valence-corrected chi connectivity index (χ1v) is 6.16. The van der Waals surface area contributed by atoms with Crippen molar-refractivity contribution in [1.29, 1.82) is 0 Å². The fourth-order valence-electron chi connectivity index (χ4n) is 2.21. The summed E-state index contributed by atoms with van der Waals surface area (Å²) in [5.74, 6) is 0. The van der Waals surface area contributed by atoms with E-state index in [-0.39, 0.29) is 16.4 Å². The van der Waals surface area contributed by atoms with Crippen molar-refractivity contribution in [2.24, 2.45) is 0 Å². The van der Waals surface area contributed by atoms with E-state index in [1.54, 1.807) is 0 Å². The van der Waals surface area contributed by atoms with E-state index in [4.69, 9.17) is 21.4 Å². The summed E-state index contributed by atoms with van der Waals surface area (Å²) in [6.45, 7) is -0.465. The van der Waals surface area contributed by atoms with E-state index in [0.29, 0.717) is 0 Å². The Hall–Kier alpha value is -1.52. The summed E-state index contributed by atoms with van der Waals surface area (Å²) in [6, 6.07) is 0. The van der Waals surface area contributed by atoms with Crippen molar-refractivity contribution >= 4 is 22.8 Å². The summed E-state index contributed by atoms with van der Waals surface area (Å²) in [5.41, 5.74) is -0.369. The van der Waals surface area contributed by atoms with E-state index >= 15 is 0 Å². The van der Waals surface area contributed by atoms with Gasteiger partial charge in [0.15, 0.2) is 17.4 Å². The normalized spacial score (nSPS) is 30.2.